The minimum absolute atomic E-state index is 0.0353. The van der Waals surface area contributed by atoms with Gasteiger partial charge in [0.2, 0.25) is 5.91 Å². The Kier molecular flexibility index (Phi) is 5.02. The molecule has 0 radical (unpaired) electrons. The van der Waals surface area contributed by atoms with Crippen LogP contribution >= 0.6 is 11.6 Å². The molecule has 104 valence electrons. The molecule has 0 saturated heterocycles. The Morgan fingerprint density at radius 1 is 1.10 bits per heavy atom. The molecule has 0 aliphatic carbocycles. The Bertz CT molecular complexity index is 581. The number of hydrogen-bond acceptors (Lipinski definition) is 2. The topological polar surface area (TPSA) is 41.1 Å². The lowest BCUT2D eigenvalue weighted by atomic mass is 10.2. The summed E-state index contributed by atoms with van der Waals surface area (Å²) in [4.78, 5) is 11.8. The zero-order valence-corrected chi connectivity index (χ0v) is 12.1. The molecule has 2 rings (SSSR count). The number of carbonyl (C=O) groups is 1. The van der Waals surface area contributed by atoms with Gasteiger partial charge < -0.3 is 10.6 Å². The molecule has 0 aliphatic heterocycles. The highest BCUT2D eigenvalue weighted by molar-refractivity contribution is 6.30. The minimum atomic E-state index is -0.0353. The fourth-order valence-electron chi connectivity index (χ4n) is 1.78. The first kappa shape index (κ1) is 14.4. The average molecular weight is 289 g/mol. The maximum absolute atomic E-state index is 11.8. The van der Waals surface area contributed by atoms with Gasteiger partial charge in [0, 0.05) is 29.4 Å². The number of amides is 1. The van der Waals surface area contributed by atoms with Crippen LogP contribution in [0, 0.1) is 6.92 Å². The van der Waals surface area contributed by atoms with Crippen LogP contribution in [0.15, 0.2) is 48.5 Å². The van der Waals surface area contributed by atoms with E-state index in [9.17, 15) is 4.79 Å². The number of hydrogen-bond donors (Lipinski definition) is 2. The zero-order valence-electron chi connectivity index (χ0n) is 11.3. The second-order valence-electron chi connectivity index (χ2n) is 4.60. The van der Waals surface area contributed by atoms with Gasteiger partial charge in [0.25, 0.3) is 0 Å². The van der Waals surface area contributed by atoms with E-state index in [1.807, 2.05) is 43.3 Å². The number of aryl methyl sites for hydroxylation is 1. The van der Waals surface area contributed by atoms with Gasteiger partial charge >= 0.3 is 0 Å². The SMILES string of the molecule is Cc1ccc(NCCC(=O)Nc2cccc(Cl)c2)cc1. The van der Waals surface area contributed by atoms with Crippen molar-refractivity contribution in [3.05, 3.63) is 59.1 Å². The van der Waals surface area contributed by atoms with Crippen LogP contribution < -0.4 is 10.6 Å². The maximum Gasteiger partial charge on any atom is 0.226 e. The van der Waals surface area contributed by atoms with E-state index < -0.39 is 0 Å². The first-order valence-corrected chi connectivity index (χ1v) is 6.87. The van der Waals surface area contributed by atoms with E-state index in [2.05, 4.69) is 10.6 Å². The first-order chi connectivity index (χ1) is 9.63. The number of anilines is 2. The lowest BCUT2D eigenvalue weighted by molar-refractivity contribution is -0.115. The van der Waals surface area contributed by atoms with Crippen molar-refractivity contribution in [1.82, 2.24) is 0 Å². The maximum atomic E-state index is 11.8. The lowest BCUT2D eigenvalue weighted by Crippen LogP contribution is -2.16. The third-order valence-corrected chi connectivity index (χ3v) is 3.08. The summed E-state index contributed by atoms with van der Waals surface area (Å²) in [5.41, 5.74) is 2.96. The third-order valence-electron chi connectivity index (χ3n) is 2.84. The molecule has 2 aromatic rings. The van der Waals surface area contributed by atoms with Crippen LogP contribution in [0.3, 0.4) is 0 Å². The second kappa shape index (κ2) is 6.96. The number of rotatable bonds is 5. The third kappa shape index (κ3) is 4.59. The van der Waals surface area contributed by atoms with Crippen molar-refractivity contribution in [1.29, 1.82) is 0 Å². The Hall–Kier alpha value is -2.00. The molecule has 0 aliphatic rings. The van der Waals surface area contributed by atoms with Gasteiger partial charge in [-0.2, -0.15) is 0 Å². The monoisotopic (exact) mass is 288 g/mol. The molecule has 0 bridgehead atoms. The van der Waals surface area contributed by atoms with Crippen molar-refractivity contribution in [3.8, 4) is 0 Å². The van der Waals surface area contributed by atoms with Gasteiger partial charge in [-0.3, -0.25) is 4.79 Å². The molecule has 1 amide bonds. The quantitative estimate of drug-likeness (QED) is 0.870. The molecule has 0 heterocycles. The summed E-state index contributed by atoms with van der Waals surface area (Å²) < 4.78 is 0. The molecule has 2 aromatic carbocycles. The highest BCUT2D eigenvalue weighted by Crippen LogP contribution is 2.15. The van der Waals surface area contributed by atoms with E-state index in [-0.39, 0.29) is 5.91 Å². The number of halogens is 1. The van der Waals surface area contributed by atoms with Crippen LogP contribution in [0.25, 0.3) is 0 Å². The molecular weight excluding hydrogens is 272 g/mol. The molecule has 0 fully saturated rings. The molecule has 0 saturated carbocycles. The van der Waals surface area contributed by atoms with Crippen LogP contribution in [0.2, 0.25) is 5.02 Å². The van der Waals surface area contributed by atoms with E-state index in [1.54, 1.807) is 12.1 Å². The smallest absolute Gasteiger partial charge is 0.226 e. The zero-order chi connectivity index (χ0) is 14.4. The molecule has 3 nitrogen and oxygen atoms in total. The Labute approximate surface area is 124 Å². The standard InChI is InChI=1S/C16H17ClN2O/c1-12-5-7-14(8-6-12)18-10-9-16(20)19-15-4-2-3-13(17)11-15/h2-8,11,18H,9-10H2,1H3,(H,19,20). The van der Waals surface area contributed by atoms with Crippen LogP contribution in [-0.4, -0.2) is 12.5 Å². The number of carbonyl (C=O) groups excluding carboxylic acids is 1. The Balaban J connectivity index is 1.76. The van der Waals surface area contributed by atoms with Crippen molar-refractivity contribution >= 4 is 28.9 Å². The molecule has 4 heteroatoms. The van der Waals surface area contributed by atoms with Crippen LogP contribution in [-0.2, 0) is 4.79 Å². The van der Waals surface area contributed by atoms with Gasteiger partial charge in [-0.15, -0.1) is 0 Å². The highest BCUT2D eigenvalue weighted by atomic mass is 35.5. The van der Waals surface area contributed by atoms with Crippen molar-refractivity contribution in [3.63, 3.8) is 0 Å². The molecule has 0 aromatic heterocycles. The van der Waals surface area contributed by atoms with Crippen LogP contribution in [0.4, 0.5) is 11.4 Å². The van der Waals surface area contributed by atoms with Crippen molar-refractivity contribution < 1.29 is 4.79 Å². The normalized spacial score (nSPS) is 10.1. The largest absolute Gasteiger partial charge is 0.385 e. The molecule has 20 heavy (non-hydrogen) atoms. The van der Waals surface area contributed by atoms with E-state index in [0.29, 0.717) is 18.0 Å². The minimum Gasteiger partial charge on any atom is -0.385 e. The summed E-state index contributed by atoms with van der Waals surface area (Å²) >= 11 is 5.86. The van der Waals surface area contributed by atoms with Gasteiger partial charge in [0.15, 0.2) is 0 Å². The van der Waals surface area contributed by atoms with Crippen molar-refractivity contribution in [2.75, 3.05) is 17.2 Å². The van der Waals surface area contributed by atoms with E-state index >= 15 is 0 Å². The van der Waals surface area contributed by atoms with E-state index in [4.69, 9.17) is 11.6 Å². The summed E-state index contributed by atoms with van der Waals surface area (Å²) in [6.45, 7) is 2.64. The van der Waals surface area contributed by atoms with Crippen molar-refractivity contribution in [2.45, 2.75) is 13.3 Å². The molecule has 0 unspecified atom stereocenters. The number of nitrogens with one attached hydrogen (secondary N) is 2. The summed E-state index contributed by atoms with van der Waals surface area (Å²) in [7, 11) is 0. The molecular formula is C16H17ClN2O. The predicted molar refractivity (Wildman–Crippen MR) is 84.4 cm³/mol. The van der Waals surface area contributed by atoms with Crippen LogP contribution in [0.5, 0.6) is 0 Å². The summed E-state index contributed by atoms with van der Waals surface area (Å²) in [6, 6.07) is 15.2. The fraction of sp³-hybridized carbons (Fsp3) is 0.188. The lowest BCUT2D eigenvalue weighted by Gasteiger charge is -2.08. The Morgan fingerprint density at radius 2 is 1.85 bits per heavy atom. The number of benzene rings is 2. The molecule has 2 N–H and O–H groups in total. The predicted octanol–water partition coefficient (Wildman–Crippen LogP) is 4.09. The Morgan fingerprint density at radius 3 is 2.55 bits per heavy atom. The van der Waals surface area contributed by atoms with Gasteiger partial charge in [-0.25, -0.2) is 0 Å². The van der Waals surface area contributed by atoms with E-state index in [1.165, 1.54) is 5.56 Å². The summed E-state index contributed by atoms with van der Waals surface area (Å²) in [5.74, 6) is -0.0353. The van der Waals surface area contributed by atoms with Crippen LogP contribution in [0.1, 0.15) is 12.0 Å². The van der Waals surface area contributed by atoms with Crippen molar-refractivity contribution in [2.24, 2.45) is 0 Å². The van der Waals surface area contributed by atoms with Gasteiger partial charge in [0.05, 0.1) is 0 Å². The summed E-state index contributed by atoms with van der Waals surface area (Å²) in [5, 5.41) is 6.64. The first-order valence-electron chi connectivity index (χ1n) is 6.49. The van der Waals surface area contributed by atoms with Gasteiger partial charge in [-0.05, 0) is 37.3 Å². The highest BCUT2D eigenvalue weighted by Gasteiger charge is 2.02. The summed E-state index contributed by atoms with van der Waals surface area (Å²) in [6.07, 6.45) is 0.403. The molecule has 0 spiro atoms. The average Bonchev–Trinajstić information content (AvgIpc) is 2.41. The second-order valence-corrected chi connectivity index (χ2v) is 5.04. The van der Waals surface area contributed by atoms with E-state index in [0.717, 1.165) is 11.4 Å². The van der Waals surface area contributed by atoms with Gasteiger partial charge in [-0.1, -0.05) is 35.4 Å². The fourth-order valence-corrected chi connectivity index (χ4v) is 1.97. The molecule has 0 atom stereocenters. The van der Waals surface area contributed by atoms with Gasteiger partial charge in [0.1, 0.15) is 0 Å².